The fourth-order valence-electron chi connectivity index (χ4n) is 1.42. The van der Waals surface area contributed by atoms with E-state index < -0.39 is 18.1 Å². The van der Waals surface area contributed by atoms with E-state index >= 15 is 0 Å². The Kier molecular flexibility index (Phi) is 4.46. The van der Waals surface area contributed by atoms with Gasteiger partial charge in [0.1, 0.15) is 11.0 Å². The van der Waals surface area contributed by atoms with Gasteiger partial charge in [0.25, 0.3) is 0 Å². The molecule has 0 saturated carbocycles. The number of hydrogen-bond donors (Lipinski definition) is 2. The maximum Gasteiger partial charge on any atom is 0.451 e. The first kappa shape index (κ1) is 15.0. The molecule has 2 heterocycles. The van der Waals surface area contributed by atoms with Gasteiger partial charge >= 0.3 is 6.18 Å². The molecule has 0 aliphatic rings. The van der Waals surface area contributed by atoms with Gasteiger partial charge in [0, 0.05) is 12.6 Å². The van der Waals surface area contributed by atoms with Gasteiger partial charge in [-0.1, -0.05) is 11.6 Å². The monoisotopic (exact) mass is 323 g/mol. The van der Waals surface area contributed by atoms with Crippen LogP contribution in [-0.4, -0.2) is 21.6 Å². The molecule has 0 spiro atoms. The number of aliphatic hydroxyl groups excluding tert-OH is 1. The lowest BCUT2D eigenvalue weighted by Crippen LogP contribution is -2.16. The molecule has 2 N–H and O–H groups in total. The molecule has 2 aromatic rings. The van der Waals surface area contributed by atoms with Crippen LogP contribution in [0.5, 0.6) is 0 Å². The lowest BCUT2D eigenvalue weighted by molar-refractivity contribution is -0.144. The molecule has 1 atom stereocenters. The zero-order valence-corrected chi connectivity index (χ0v) is 11.4. The predicted molar refractivity (Wildman–Crippen MR) is 69.8 cm³/mol. The Balaban J connectivity index is 2.08. The van der Waals surface area contributed by atoms with Crippen molar-refractivity contribution < 1.29 is 18.3 Å². The van der Waals surface area contributed by atoms with Gasteiger partial charge in [0.15, 0.2) is 0 Å². The highest BCUT2D eigenvalue weighted by molar-refractivity contribution is 7.07. The summed E-state index contributed by atoms with van der Waals surface area (Å²) in [6.07, 6.45) is -5.52. The molecule has 2 rings (SSSR count). The largest absolute Gasteiger partial charge is 0.451 e. The Morgan fingerprint density at radius 1 is 1.40 bits per heavy atom. The Morgan fingerprint density at radius 3 is 2.75 bits per heavy atom. The zero-order valence-electron chi connectivity index (χ0n) is 9.86. The Labute approximate surface area is 121 Å². The normalized spacial score (nSPS) is 13.2. The summed E-state index contributed by atoms with van der Waals surface area (Å²) in [7, 11) is 0. The smallest absolute Gasteiger partial charge is 0.387 e. The number of hydrogen-bond acceptors (Lipinski definition) is 5. The maximum absolute atomic E-state index is 12.5. The second-order valence-electron chi connectivity index (χ2n) is 3.85. The number of thiophene rings is 1. The second-order valence-corrected chi connectivity index (χ2v) is 5.02. The number of rotatable bonds is 4. The van der Waals surface area contributed by atoms with Crippen LogP contribution in [0, 0.1) is 0 Å². The van der Waals surface area contributed by atoms with Crippen LogP contribution in [0.1, 0.15) is 17.5 Å². The fourth-order valence-corrected chi connectivity index (χ4v) is 2.31. The molecule has 20 heavy (non-hydrogen) atoms. The first-order valence-corrected chi connectivity index (χ1v) is 6.74. The third kappa shape index (κ3) is 3.81. The second kappa shape index (κ2) is 5.94. The van der Waals surface area contributed by atoms with E-state index in [-0.39, 0.29) is 17.5 Å². The number of halogens is 4. The van der Waals surface area contributed by atoms with Gasteiger partial charge in [-0.15, -0.1) is 0 Å². The van der Waals surface area contributed by atoms with E-state index in [0.717, 1.165) is 6.07 Å². The average molecular weight is 324 g/mol. The van der Waals surface area contributed by atoms with Crippen LogP contribution in [-0.2, 0) is 6.18 Å². The summed E-state index contributed by atoms with van der Waals surface area (Å²) in [5, 5.41) is 15.6. The van der Waals surface area contributed by atoms with Crippen molar-refractivity contribution in [3.05, 3.63) is 39.4 Å². The van der Waals surface area contributed by atoms with Crippen LogP contribution in [0.2, 0.25) is 5.15 Å². The molecule has 0 amide bonds. The van der Waals surface area contributed by atoms with Crippen molar-refractivity contribution in [3.63, 3.8) is 0 Å². The topological polar surface area (TPSA) is 58.0 Å². The molecule has 0 aliphatic carbocycles. The van der Waals surface area contributed by atoms with Gasteiger partial charge in [-0.05, 0) is 22.4 Å². The quantitative estimate of drug-likeness (QED) is 0.847. The molecule has 0 aromatic carbocycles. The summed E-state index contributed by atoms with van der Waals surface area (Å²) in [6, 6.07) is 2.89. The van der Waals surface area contributed by atoms with E-state index in [0.29, 0.717) is 5.56 Å². The van der Waals surface area contributed by atoms with Crippen molar-refractivity contribution in [2.24, 2.45) is 0 Å². The van der Waals surface area contributed by atoms with Gasteiger partial charge in [-0.2, -0.15) is 24.5 Å². The van der Waals surface area contributed by atoms with Crippen LogP contribution in [0.3, 0.4) is 0 Å². The van der Waals surface area contributed by atoms with Crippen LogP contribution in [0.25, 0.3) is 0 Å². The molecular weight excluding hydrogens is 315 g/mol. The molecule has 0 fully saturated rings. The van der Waals surface area contributed by atoms with Crippen LogP contribution in [0.15, 0.2) is 22.9 Å². The van der Waals surface area contributed by atoms with Crippen molar-refractivity contribution in [3.8, 4) is 0 Å². The van der Waals surface area contributed by atoms with Crippen LogP contribution >= 0.6 is 22.9 Å². The molecule has 0 bridgehead atoms. The van der Waals surface area contributed by atoms with E-state index in [9.17, 15) is 18.3 Å². The van der Waals surface area contributed by atoms with Gasteiger partial charge in [0.2, 0.25) is 5.82 Å². The van der Waals surface area contributed by atoms with Crippen molar-refractivity contribution >= 4 is 28.8 Å². The minimum absolute atomic E-state index is 0.0153. The van der Waals surface area contributed by atoms with Crippen molar-refractivity contribution in [1.29, 1.82) is 0 Å². The SMILES string of the molecule is OC(CNc1cc(Cl)nc(C(F)(F)F)n1)c1ccsc1. The standard InChI is InChI=1S/C11H9ClF3N3OS/c12-8-3-9(18-10(17-8)11(13,14)15)16-4-7(19)6-1-2-20-5-6/h1-3,5,7,19H,4H2,(H,16,17,18). The van der Waals surface area contributed by atoms with E-state index in [1.807, 2.05) is 0 Å². The number of nitrogens with one attached hydrogen (secondary N) is 1. The summed E-state index contributed by atoms with van der Waals surface area (Å²) in [5.74, 6) is -1.41. The minimum atomic E-state index is -4.67. The highest BCUT2D eigenvalue weighted by Crippen LogP contribution is 2.28. The summed E-state index contributed by atoms with van der Waals surface area (Å²) in [4.78, 5) is 6.43. The number of nitrogens with zero attached hydrogens (tertiary/aromatic N) is 2. The van der Waals surface area contributed by atoms with Gasteiger partial charge in [0.05, 0.1) is 6.10 Å². The lowest BCUT2D eigenvalue weighted by Gasteiger charge is -2.12. The van der Waals surface area contributed by atoms with Crippen molar-refractivity contribution in [1.82, 2.24) is 9.97 Å². The number of alkyl halides is 3. The van der Waals surface area contributed by atoms with E-state index in [1.54, 1.807) is 16.8 Å². The summed E-state index contributed by atoms with van der Waals surface area (Å²) in [6.45, 7) is 0.0153. The van der Waals surface area contributed by atoms with Crippen LogP contribution in [0.4, 0.5) is 19.0 Å². The van der Waals surface area contributed by atoms with E-state index in [1.165, 1.54) is 11.3 Å². The molecule has 4 nitrogen and oxygen atoms in total. The molecule has 108 valence electrons. The summed E-state index contributed by atoms with van der Waals surface area (Å²) in [5.41, 5.74) is 0.679. The third-order valence-electron chi connectivity index (χ3n) is 2.35. The molecule has 9 heteroatoms. The summed E-state index contributed by atoms with van der Waals surface area (Å²) < 4.78 is 37.5. The summed E-state index contributed by atoms with van der Waals surface area (Å²) >= 11 is 6.93. The lowest BCUT2D eigenvalue weighted by atomic mass is 10.2. The highest BCUT2D eigenvalue weighted by atomic mass is 35.5. The Morgan fingerprint density at radius 2 is 2.15 bits per heavy atom. The zero-order chi connectivity index (χ0) is 14.8. The van der Waals surface area contributed by atoms with Gasteiger partial charge in [-0.25, -0.2) is 9.97 Å². The molecule has 1 unspecified atom stereocenters. The molecule has 0 aliphatic heterocycles. The average Bonchev–Trinajstić information content (AvgIpc) is 2.88. The number of aliphatic hydroxyl groups is 1. The first-order valence-electron chi connectivity index (χ1n) is 5.42. The molecule has 0 radical (unpaired) electrons. The first-order chi connectivity index (χ1) is 9.36. The van der Waals surface area contributed by atoms with E-state index in [4.69, 9.17) is 11.6 Å². The fraction of sp³-hybridized carbons (Fsp3) is 0.273. The van der Waals surface area contributed by atoms with Crippen LogP contribution < -0.4 is 5.32 Å². The Hall–Kier alpha value is -1.38. The third-order valence-corrected chi connectivity index (χ3v) is 3.25. The van der Waals surface area contributed by atoms with Gasteiger partial charge < -0.3 is 10.4 Å². The number of anilines is 1. The minimum Gasteiger partial charge on any atom is -0.387 e. The predicted octanol–water partition coefficient (Wildman–Crippen LogP) is 3.36. The highest BCUT2D eigenvalue weighted by Gasteiger charge is 2.35. The molecular formula is C11H9ClF3N3OS. The van der Waals surface area contributed by atoms with Crippen molar-refractivity contribution in [2.45, 2.75) is 12.3 Å². The molecule has 2 aromatic heterocycles. The molecule has 0 saturated heterocycles. The maximum atomic E-state index is 12.5. The Bertz CT molecular complexity index is 577. The number of aromatic nitrogens is 2. The van der Waals surface area contributed by atoms with Gasteiger partial charge in [-0.3, -0.25) is 0 Å². The van der Waals surface area contributed by atoms with E-state index in [2.05, 4.69) is 15.3 Å². The van der Waals surface area contributed by atoms with Crippen molar-refractivity contribution in [2.75, 3.05) is 11.9 Å².